The Bertz CT molecular complexity index is 702. The summed E-state index contributed by atoms with van der Waals surface area (Å²) in [4.78, 5) is 22.8. The molecule has 0 aliphatic carbocycles. The van der Waals surface area contributed by atoms with Crippen molar-refractivity contribution < 1.29 is 22.7 Å². The molecule has 4 N–H and O–H groups in total. The summed E-state index contributed by atoms with van der Waals surface area (Å²) in [6.45, 7) is 1.42. The number of sulfonamides is 1. The van der Waals surface area contributed by atoms with E-state index in [9.17, 15) is 18.0 Å². The number of benzene rings is 1. The smallest absolute Gasteiger partial charge is 0.319 e. The Morgan fingerprint density at radius 2 is 1.91 bits per heavy atom. The van der Waals surface area contributed by atoms with Gasteiger partial charge in [-0.3, -0.25) is 4.79 Å². The highest BCUT2D eigenvalue weighted by molar-refractivity contribution is 7.89. The number of nitrogens with two attached hydrogens (primary N) is 1. The van der Waals surface area contributed by atoms with Crippen LogP contribution in [0.3, 0.4) is 0 Å². The number of primary amides is 1. The zero-order valence-electron chi connectivity index (χ0n) is 13.3. The number of methoxy groups -OCH3 is 1. The third-order valence-corrected chi connectivity index (χ3v) is 4.78. The number of rotatable bonds is 6. The first kappa shape index (κ1) is 18.7. The highest BCUT2D eigenvalue weighted by Crippen LogP contribution is 2.28. The van der Waals surface area contributed by atoms with Crippen molar-refractivity contribution in [3.63, 3.8) is 0 Å². The van der Waals surface area contributed by atoms with Gasteiger partial charge in [0.15, 0.2) is 0 Å². The maximum atomic E-state index is 12.1. The van der Waals surface area contributed by atoms with Crippen LogP contribution in [-0.2, 0) is 14.8 Å². The average molecular weight is 344 g/mol. The lowest BCUT2D eigenvalue weighted by Crippen LogP contribution is -2.44. The molecule has 1 rings (SSSR count). The molecular formula is C13H20N4O5S. The first-order valence-electron chi connectivity index (χ1n) is 6.57. The van der Waals surface area contributed by atoms with Crippen molar-refractivity contribution in [3.05, 3.63) is 18.2 Å². The van der Waals surface area contributed by atoms with Crippen molar-refractivity contribution in [3.8, 4) is 5.75 Å². The molecule has 0 radical (unpaired) electrons. The van der Waals surface area contributed by atoms with E-state index in [0.717, 1.165) is 4.31 Å². The number of urea groups is 1. The van der Waals surface area contributed by atoms with Crippen LogP contribution in [0.2, 0.25) is 0 Å². The van der Waals surface area contributed by atoms with Crippen LogP contribution in [0.15, 0.2) is 23.1 Å². The van der Waals surface area contributed by atoms with Gasteiger partial charge in [-0.25, -0.2) is 17.5 Å². The quantitative estimate of drug-likeness (QED) is 0.665. The van der Waals surface area contributed by atoms with Crippen LogP contribution in [0.1, 0.15) is 6.92 Å². The minimum atomic E-state index is -3.66. The normalized spacial score (nSPS) is 12.6. The topological polar surface area (TPSA) is 131 Å². The first-order chi connectivity index (χ1) is 10.6. The Labute approximate surface area is 134 Å². The number of amides is 3. The molecule has 0 spiro atoms. The summed E-state index contributed by atoms with van der Waals surface area (Å²) in [5, 5.41) is 4.75. The van der Waals surface area contributed by atoms with Crippen molar-refractivity contribution in [2.75, 3.05) is 26.5 Å². The van der Waals surface area contributed by atoms with E-state index in [4.69, 9.17) is 10.5 Å². The lowest BCUT2D eigenvalue weighted by atomic mass is 10.3. The van der Waals surface area contributed by atoms with E-state index >= 15 is 0 Å². The number of anilines is 1. The third-order valence-electron chi connectivity index (χ3n) is 2.97. The van der Waals surface area contributed by atoms with Crippen LogP contribution in [0.25, 0.3) is 0 Å². The molecule has 0 bridgehead atoms. The molecule has 1 aromatic carbocycles. The van der Waals surface area contributed by atoms with Crippen molar-refractivity contribution >= 4 is 27.6 Å². The van der Waals surface area contributed by atoms with Gasteiger partial charge in [0.1, 0.15) is 11.8 Å². The second-order valence-corrected chi connectivity index (χ2v) is 7.02. The second-order valence-electron chi connectivity index (χ2n) is 4.87. The molecule has 0 saturated carbocycles. The Kier molecular flexibility index (Phi) is 5.93. The van der Waals surface area contributed by atoms with E-state index in [-0.39, 0.29) is 16.3 Å². The zero-order valence-corrected chi connectivity index (χ0v) is 14.1. The molecule has 0 aliphatic rings. The lowest BCUT2D eigenvalue weighted by molar-refractivity contribution is -0.119. The molecule has 1 aromatic rings. The van der Waals surface area contributed by atoms with Crippen LogP contribution in [0.4, 0.5) is 10.5 Å². The summed E-state index contributed by atoms with van der Waals surface area (Å²) in [5.41, 5.74) is 5.20. The number of nitrogens with zero attached hydrogens (tertiary/aromatic N) is 1. The third kappa shape index (κ3) is 4.57. The minimum Gasteiger partial charge on any atom is -0.495 e. The summed E-state index contributed by atoms with van der Waals surface area (Å²) >= 11 is 0. The average Bonchev–Trinajstić information content (AvgIpc) is 2.46. The van der Waals surface area contributed by atoms with Crippen molar-refractivity contribution in [1.29, 1.82) is 0 Å². The molecule has 1 unspecified atom stereocenters. The van der Waals surface area contributed by atoms with E-state index in [1.165, 1.54) is 46.3 Å². The van der Waals surface area contributed by atoms with E-state index in [1.54, 1.807) is 0 Å². The van der Waals surface area contributed by atoms with Crippen LogP contribution >= 0.6 is 0 Å². The molecule has 0 fully saturated rings. The highest BCUT2D eigenvalue weighted by atomic mass is 32.2. The fourth-order valence-corrected chi connectivity index (χ4v) is 2.51. The zero-order chi connectivity index (χ0) is 17.8. The number of ether oxygens (including phenoxy) is 1. The number of carbonyl (C=O) groups is 2. The molecule has 9 nitrogen and oxygen atoms in total. The maximum Gasteiger partial charge on any atom is 0.319 e. The van der Waals surface area contributed by atoms with Crippen molar-refractivity contribution in [2.24, 2.45) is 5.73 Å². The van der Waals surface area contributed by atoms with Gasteiger partial charge in [-0.15, -0.1) is 0 Å². The van der Waals surface area contributed by atoms with E-state index in [1.807, 2.05) is 0 Å². The second kappa shape index (κ2) is 7.29. The van der Waals surface area contributed by atoms with Crippen LogP contribution < -0.4 is 21.1 Å². The number of nitrogens with one attached hydrogen (secondary N) is 2. The molecule has 128 valence electrons. The van der Waals surface area contributed by atoms with Gasteiger partial charge in [0.05, 0.1) is 17.7 Å². The Balaban J connectivity index is 3.10. The molecule has 23 heavy (non-hydrogen) atoms. The fraction of sp³-hybridized carbons (Fsp3) is 0.385. The molecule has 0 saturated heterocycles. The van der Waals surface area contributed by atoms with E-state index < -0.39 is 28.0 Å². The summed E-state index contributed by atoms with van der Waals surface area (Å²) in [6.07, 6.45) is 0. The number of hydrogen-bond donors (Lipinski definition) is 3. The summed E-state index contributed by atoms with van der Waals surface area (Å²) < 4.78 is 30.4. The van der Waals surface area contributed by atoms with E-state index in [2.05, 4.69) is 10.6 Å². The highest BCUT2D eigenvalue weighted by Gasteiger charge is 2.20. The lowest BCUT2D eigenvalue weighted by Gasteiger charge is -2.16. The van der Waals surface area contributed by atoms with E-state index in [0.29, 0.717) is 0 Å². The maximum absolute atomic E-state index is 12.1. The van der Waals surface area contributed by atoms with Gasteiger partial charge in [-0.1, -0.05) is 0 Å². The Hall–Kier alpha value is -2.33. The van der Waals surface area contributed by atoms with Gasteiger partial charge in [0.2, 0.25) is 15.9 Å². The molecule has 10 heteroatoms. The summed E-state index contributed by atoms with van der Waals surface area (Å²) in [6, 6.07) is 2.46. The number of carbonyl (C=O) groups excluding carboxylic acids is 2. The molecule has 0 aromatic heterocycles. The van der Waals surface area contributed by atoms with Gasteiger partial charge < -0.3 is 21.1 Å². The van der Waals surface area contributed by atoms with Crippen LogP contribution in [-0.4, -0.2) is 51.9 Å². The van der Waals surface area contributed by atoms with Gasteiger partial charge in [-0.05, 0) is 25.1 Å². The van der Waals surface area contributed by atoms with Gasteiger partial charge in [0, 0.05) is 14.1 Å². The standard InChI is InChI=1S/C13H20N4O5S/c1-8(12(14)18)15-13(19)16-10-7-9(5-6-11(10)22-4)23(20,21)17(2)3/h5-8H,1-4H3,(H2,14,18)(H2,15,16,19). The van der Waals surface area contributed by atoms with Gasteiger partial charge in [-0.2, -0.15) is 0 Å². The van der Waals surface area contributed by atoms with Crippen molar-refractivity contribution in [2.45, 2.75) is 17.9 Å². The predicted octanol–water partition coefficient (Wildman–Crippen LogP) is -0.0592. The fourth-order valence-electron chi connectivity index (χ4n) is 1.58. The van der Waals surface area contributed by atoms with Crippen molar-refractivity contribution in [1.82, 2.24) is 9.62 Å². The predicted molar refractivity (Wildman–Crippen MR) is 84.7 cm³/mol. The first-order valence-corrected chi connectivity index (χ1v) is 8.01. The monoisotopic (exact) mass is 344 g/mol. The Morgan fingerprint density at radius 1 is 1.30 bits per heavy atom. The molecule has 0 heterocycles. The van der Waals surface area contributed by atoms with Crippen LogP contribution in [0, 0.1) is 0 Å². The minimum absolute atomic E-state index is 0.0125. The number of hydrogen-bond acceptors (Lipinski definition) is 5. The summed E-state index contributed by atoms with van der Waals surface area (Å²) in [5.74, 6) is -0.430. The van der Waals surface area contributed by atoms with Gasteiger partial charge >= 0.3 is 6.03 Å². The largest absolute Gasteiger partial charge is 0.495 e. The summed E-state index contributed by atoms with van der Waals surface area (Å²) in [7, 11) is 0.508. The molecule has 0 aliphatic heterocycles. The molecular weight excluding hydrogens is 324 g/mol. The SMILES string of the molecule is COc1ccc(S(=O)(=O)N(C)C)cc1NC(=O)NC(C)C(N)=O. The van der Waals surface area contributed by atoms with Gasteiger partial charge in [0.25, 0.3) is 0 Å². The Morgan fingerprint density at radius 3 is 2.39 bits per heavy atom. The molecule has 3 amide bonds. The molecule has 1 atom stereocenters. The van der Waals surface area contributed by atoms with Crippen LogP contribution in [0.5, 0.6) is 5.75 Å².